The largest absolute Gasteiger partial charge is 0.508 e. The number of aromatic nitrogens is 2. The van der Waals surface area contributed by atoms with Crippen LogP contribution in [0.5, 0.6) is 5.75 Å². The number of fused-ring (bicyclic) bond motifs is 2. The Bertz CT molecular complexity index is 3240. The topological polar surface area (TPSA) is 332 Å². The van der Waals surface area contributed by atoms with Crippen LogP contribution >= 0.6 is 23.5 Å². The first-order valence-corrected chi connectivity index (χ1v) is 22.3. The Morgan fingerprint density at radius 3 is 2.14 bits per heavy atom. The SMILES string of the molecule is O=C(O)c1cc(C#Cc2ccc(C#Cc3cn([C@H]4C[C@H](O)[C@@H](COP(=O)(O)OP(=O)(O)OP(=O)(O)O)O4)c(=O)[nH]c3=O)cc2)ccc1-c1c2ccc(=O)cc-2oc2cc(O)ccc12. The van der Waals surface area contributed by atoms with Gasteiger partial charge in [-0.15, -0.1) is 0 Å². The van der Waals surface area contributed by atoms with Gasteiger partial charge in [0.15, 0.2) is 5.43 Å². The number of ether oxygens (including phenoxy) is 1. The number of phosphoric acid groups is 3. The van der Waals surface area contributed by atoms with Crippen molar-refractivity contribution in [1.29, 1.82) is 0 Å². The van der Waals surface area contributed by atoms with Gasteiger partial charge in [0.2, 0.25) is 0 Å². The summed E-state index contributed by atoms with van der Waals surface area (Å²) >= 11 is 0. The van der Waals surface area contributed by atoms with Crippen LogP contribution in [0.3, 0.4) is 0 Å². The third kappa shape index (κ3) is 10.7. The van der Waals surface area contributed by atoms with E-state index in [2.05, 4.69) is 41.8 Å². The minimum atomic E-state index is -5.79. The molecule has 4 aromatic rings. The van der Waals surface area contributed by atoms with Gasteiger partial charge in [-0.2, -0.15) is 8.62 Å². The molecule has 0 spiro atoms. The molecule has 1 aromatic heterocycles. The number of nitrogens with one attached hydrogen (secondary N) is 1. The van der Waals surface area contributed by atoms with Crippen molar-refractivity contribution in [2.24, 2.45) is 0 Å². The number of aliphatic hydroxyl groups excluding tert-OH is 1. The highest BCUT2D eigenvalue weighted by Crippen LogP contribution is 2.66. The zero-order chi connectivity index (χ0) is 45.4. The van der Waals surface area contributed by atoms with Gasteiger partial charge >= 0.3 is 35.1 Å². The summed E-state index contributed by atoms with van der Waals surface area (Å²) < 4.78 is 58.6. The zero-order valence-electron chi connectivity index (χ0n) is 31.5. The summed E-state index contributed by atoms with van der Waals surface area (Å²) in [5.41, 5.74) is 0.395. The second-order valence-electron chi connectivity index (χ2n) is 13.5. The zero-order valence-corrected chi connectivity index (χ0v) is 34.2. The molecule has 0 bridgehead atoms. The van der Waals surface area contributed by atoms with Crippen molar-refractivity contribution in [2.75, 3.05) is 6.61 Å². The van der Waals surface area contributed by atoms with Gasteiger partial charge in [0, 0.05) is 58.0 Å². The molecule has 324 valence electrons. The molecule has 3 aromatic carbocycles. The van der Waals surface area contributed by atoms with Gasteiger partial charge < -0.3 is 44.0 Å². The summed E-state index contributed by atoms with van der Waals surface area (Å²) in [7, 11) is -17.0. The molecule has 2 aliphatic heterocycles. The first-order valence-electron chi connectivity index (χ1n) is 17.8. The molecular formula is C39H29N2O19P3. The van der Waals surface area contributed by atoms with E-state index in [9.17, 15) is 58.0 Å². The molecule has 1 aliphatic carbocycles. The Hall–Kier alpha value is -6.25. The number of rotatable bonds is 10. The summed E-state index contributed by atoms with van der Waals surface area (Å²) in [6, 6.07) is 19.6. The van der Waals surface area contributed by atoms with E-state index in [1.165, 1.54) is 30.3 Å². The molecule has 3 heterocycles. The Morgan fingerprint density at radius 1 is 0.810 bits per heavy atom. The van der Waals surface area contributed by atoms with Gasteiger partial charge in [-0.1, -0.05) is 29.7 Å². The van der Waals surface area contributed by atoms with E-state index in [0.717, 1.165) is 10.8 Å². The van der Waals surface area contributed by atoms with E-state index in [-0.39, 0.29) is 40.1 Å². The molecule has 7 rings (SSSR count). The lowest BCUT2D eigenvalue weighted by Crippen LogP contribution is -2.33. The van der Waals surface area contributed by atoms with Crippen molar-refractivity contribution in [1.82, 2.24) is 9.55 Å². The second kappa shape index (κ2) is 17.5. The molecule has 5 atom stereocenters. The average molecular weight is 923 g/mol. The van der Waals surface area contributed by atoms with Crippen LogP contribution < -0.4 is 16.7 Å². The van der Waals surface area contributed by atoms with Crippen LogP contribution in [0, 0.1) is 23.7 Å². The summed E-state index contributed by atoms with van der Waals surface area (Å²) in [4.78, 5) is 88.4. The number of carboxylic acids is 1. The molecule has 0 saturated carbocycles. The summed E-state index contributed by atoms with van der Waals surface area (Å²) in [5.74, 6) is 10.2. The lowest BCUT2D eigenvalue weighted by molar-refractivity contribution is -0.0450. The predicted octanol–water partition coefficient (Wildman–Crippen LogP) is 3.61. The number of aromatic carboxylic acids is 1. The highest BCUT2D eigenvalue weighted by molar-refractivity contribution is 7.66. The number of phenolic OH excluding ortho intramolecular Hbond substituents is 1. The number of benzene rings is 4. The van der Waals surface area contributed by atoms with E-state index >= 15 is 0 Å². The first-order chi connectivity index (χ1) is 29.6. The number of aliphatic hydroxyl groups is 1. The summed E-state index contributed by atoms with van der Waals surface area (Å²) in [6.45, 7) is -0.984. The van der Waals surface area contributed by atoms with Crippen LogP contribution in [0.4, 0.5) is 0 Å². The minimum absolute atomic E-state index is 0.0804. The fraction of sp³-hybridized carbons (Fsp3) is 0.128. The van der Waals surface area contributed by atoms with E-state index < -0.39 is 65.7 Å². The number of carbonyl (C=O) groups is 1. The predicted molar refractivity (Wildman–Crippen MR) is 217 cm³/mol. The molecule has 8 N–H and O–H groups in total. The van der Waals surface area contributed by atoms with Crippen LogP contribution in [-0.2, 0) is 31.6 Å². The molecule has 1 fully saturated rings. The van der Waals surface area contributed by atoms with Gasteiger partial charge in [-0.3, -0.25) is 23.7 Å². The van der Waals surface area contributed by atoms with Crippen molar-refractivity contribution >= 4 is 40.4 Å². The molecule has 63 heavy (non-hydrogen) atoms. The van der Waals surface area contributed by atoms with E-state index in [0.29, 0.717) is 38.8 Å². The van der Waals surface area contributed by atoms with Crippen molar-refractivity contribution in [3.05, 3.63) is 144 Å². The van der Waals surface area contributed by atoms with Gasteiger partial charge in [-0.05, 0) is 66.2 Å². The van der Waals surface area contributed by atoms with Crippen molar-refractivity contribution < 1.29 is 75.7 Å². The molecule has 1 saturated heterocycles. The third-order valence-corrected chi connectivity index (χ3v) is 12.9. The fourth-order valence-corrected chi connectivity index (χ4v) is 9.41. The standard InChI is InChI=1S/C39H29N2O19P3/c42-25-10-13-28-32(16-25)57-33-17-26(43)11-14-29(33)36(28)27-12-8-23(15-30(27)38(46)47)6-5-21-1-3-22(4-2-21)7-9-24-19-41(39(48)40-37(24)45)35-18-31(44)34(58-35)20-56-62(52,53)60-63(54,55)59-61(49,50)51/h1-4,8,10-17,19,31,34-35,42,44H,18,20H2,(H,46,47)(H,52,53)(H,54,55)(H,40,45,48)(H2,49,50,51)/t31-,34+,35+/m0/s1. The van der Waals surface area contributed by atoms with Crippen LogP contribution in [0.1, 0.15) is 45.3 Å². The molecule has 21 nitrogen and oxygen atoms in total. The average Bonchev–Trinajstić information content (AvgIpc) is 3.56. The normalized spacial score (nSPS) is 18.1. The number of nitrogens with zero attached hydrogens (tertiary/aromatic N) is 1. The number of hydrogen-bond donors (Lipinski definition) is 8. The Morgan fingerprint density at radius 2 is 1.46 bits per heavy atom. The van der Waals surface area contributed by atoms with Gasteiger partial charge in [0.1, 0.15) is 35.0 Å². The smallest absolute Gasteiger partial charge is 0.490 e. The van der Waals surface area contributed by atoms with E-state index in [1.54, 1.807) is 48.5 Å². The van der Waals surface area contributed by atoms with Crippen LogP contribution in [0.2, 0.25) is 0 Å². The quantitative estimate of drug-likeness (QED) is 0.0552. The fourth-order valence-electron chi connectivity index (χ4n) is 6.38. The number of hydrogen-bond acceptors (Lipinski definition) is 14. The maximum Gasteiger partial charge on any atom is 0.490 e. The minimum Gasteiger partial charge on any atom is -0.508 e. The van der Waals surface area contributed by atoms with Crippen molar-refractivity contribution in [3.63, 3.8) is 0 Å². The van der Waals surface area contributed by atoms with E-state index in [1.807, 2.05) is 0 Å². The Kier molecular flexibility index (Phi) is 12.4. The highest BCUT2D eigenvalue weighted by Gasteiger charge is 2.43. The molecule has 0 amide bonds. The third-order valence-electron chi connectivity index (χ3n) is 9.07. The lowest BCUT2D eigenvalue weighted by atomic mass is 9.90. The number of phenols is 1. The van der Waals surface area contributed by atoms with Crippen LogP contribution in [0.15, 0.2) is 104 Å². The van der Waals surface area contributed by atoms with Gasteiger partial charge in [0.25, 0.3) is 5.56 Å². The Balaban J connectivity index is 1.06. The number of phosphoric ester groups is 1. The van der Waals surface area contributed by atoms with Gasteiger partial charge in [-0.25, -0.2) is 23.3 Å². The summed E-state index contributed by atoms with van der Waals surface area (Å²) in [5, 5.41) is 31.3. The molecule has 3 aliphatic rings. The molecular weight excluding hydrogens is 893 g/mol. The first kappa shape index (κ1) is 44.8. The maximum atomic E-state index is 12.7. The molecule has 0 radical (unpaired) electrons. The number of carboxylic acid groups (broad SMARTS) is 1. The number of aromatic hydroxyl groups is 1. The second-order valence-corrected chi connectivity index (χ2v) is 17.9. The monoisotopic (exact) mass is 922 g/mol. The summed E-state index contributed by atoms with van der Waals surface area (Å²) in [6.07, 6.45) is -3.46. The van der Waals surface area contributed by atoms with E-state index in [4.69, 9.17) is 18.9 Å². The van der Waals surface area contributed by atoms with Crippen molar-refractivity contribution in [3.8, 4) is 51.9 Å². The molecule has 2 unspecified atom stereocenters. The van der Waals surface area contributed by atoms with Crippen LogP contribution in [-0.4, -0.2) is 69.2 Å². The highest BCUT2D eigenvalue weighted by atomic mass is 31.3. The number of aromatic amines is 1. The van der Waals surface area contributed by atoms with Crippen molar-refractivity contribution in [2.45, 2.75) is 24.9 Å². The lowest BCUT2D eigenvalue weighted by Gasteiger charge is -2.19. The van der Waals surface area contributed by atoms with Crippen LogP contribution in [0.25, 0.3) is 33.4 Å². The maximum absolute atomic E-state index is 12.7. The molecule has 24 heteroatoms. The number of H-pyrrole nitrogens is 1. The van der Waals surface area contributed by atoms with Gasteiger partial charge in [0.05, 0.1) is 18.3 Å². The Labute approximate surface area is 352 Å².